The number of aromatic nitrogens is 3. The van der Waals surface area contributed by atoms with E-state index in [-0.39, 0.29) is 0 Å². The van der Waals surface area contributed by atoms with Gasteiger partial charge >= 0.3 is 0 Å². The Bertz CT molecular complexity index is 3570. The number of hydrogen-bond acceptors (Lipinski definition) is 1. The minimum atomic E-state index is 0.925. The second-order valence-electron chi connectivity index (χ2n) is 15.5. The molecule has 0 saturated carbocycles. The van der Waals surface area contributed by atoms with Gasteiger partial charge < -0.3 is 9.13 Å². The fourth-order valence-electron chi connectivity index (χ4n) is 9.41. The second kappa shape index (κ2) is 13.8. The first kappa shape index (κ1) is 34.1. The summed E-state index contributed by atoms with van der Waals surface area (Å²) in [6.07, 6.45) is 0. The topological polar surface area (TPSA) is 22.8 Å². The van der Waals surface area contributed by atoms with Gasteiger partial charge in [-0.2, -0.15) is 0 Å². The van der Waals surface area contributed by atoms with Gasteiger partial charge in [0.1, 0.15) is 0 Å². The molecule has 0 aliphatic rings. The molecule has 3 aromatic heterocycles. The molecular formula is C57H37N3. The van der Waals surface area contributed by atoms with E-state index in [0.717, 1.165) is 56.0 Å². The highest BCUT2D eigenvalue weighted by atomic mass is 15.0. The minimum Gasteiger partial charge on any atom is -0.309 e. The Hall–Kier alpha value is -8.01. The lowest BCUT2D eigenvalue weighted by Gasteiger charge is -2.16. The summed E-state index contributed by atoms with van der Waals surface area (Å²) >= 11 is 0. The summed E-state index contributed by atoms with van der Waals surface area (Å²) in [6, 6.07) is 80.9. The molecule has 60 heavy (non-hydrogen) atoms. The van der Waals surface area contributed by atoms with Crippen molar-refractivity contribution in [3.8, 4) is 56.1 Å². The van der Waals surface area contributed by atoms with Crippen LogP contribution in [-0.2, 0) is 0 Å². The van der Waals surface area contributed by atoms with Crippen LogP contribution in [0.15, 0.2) is 224 Å². The van der Waals surface area contributed by atoms with Crippen molar-refractivity contribution in [1.82, 2.24) is 14.1 Å². The molecule has 0 atom stereocenters. The quantitative estimate of drug-likeness (QED) is 0.165. The van der Waals surface area contributed by atoms with Crippen LogP contribution < -0.4 is 0 Å². The average molecular weight is 764 g/mol. The summed E-state index contributed by atoms with van der Waals surface area (Å²) < 4.78 is 4.92. The Morgan fingerprint density at radius 3 is 1.63 bits per heavy atom. The van der Waals surface area contributed by atoms with Crippen LogP contribution in [0.25, 0.3) is 111 Å². The van der Waals surface area contributed by atoms with Gasteiger partial charge in [-0.15, -0.1) is 0 Å². The molecule has 3 nitrogen and oxygen atoms in total. The number of nitrogens with zero attached hydrogens (tertiary/aromatic N) is 3. The predicted molar refractivity (Wildman–Crippen MR) is 252 cm³/mol. The molecule has 0 amide bonds. The van der Waals surface area contributed by atoms with Gasteiger partial charge in [0.05, 0.1) is 39.1 Å². The Balaban J connectivity index is 1.12. The highest BCUT2D eigenvalue weighted by Crippen LogP contribution is 2.44. The van der Waals surface area contributed by atoms with Crippen molar-refractivity contribution in [2.24, 2.45) is 0 Å². The van der Waals surface area contributed by atoms with Crippen molar-refractivity contribution < 1.29 is 0 Å². The van der Waals surface area contributed by atoms with Gasteiger partial charge in [0.25, 0.3) is 0 Å². The van der Waals surface area contributed by atoms with E-state index in [1.54, 1.807) is 0 Å². The Kier molecular flexibility index (Phi) is 7.85. The molecule has 0 N–H and O–H groups in total. The fourth-order valence-corrected chi connectivity index (χ4v) is 9.41. The zero-order chi connectivity index (χ0) is 39.6. The first-order chi connectivity index (χ1) is 29.8. The summed E-state index contributed by atoms with van der Waals surface area (Å²) in [5.41, 5.74) is 15.7. The standard InChI is InChI=1S/C57H37N3/c1-3-16-38(17-4-1)40-30-32-43(33-31-40)59-52-27-12-9-23-46(52)47-34-35-55-56(57(47)59)49-25-11-14-29-54(49)60(55)53-28-13-10-24-48(53)51-37-42(39-18-5-2-6-19-39)36-50(58-51)45-26-15-21-41-20-7-8-22-44(41)45/h1-37H. The van der Waals surface area contributed by atoms with Crippen molar-refractivity contribution >= 4 is 54.4 Å². The monoisotopic (exact) mass is 763 g/mol. The summed E-state index contributed by atoms with van der Waals surface area (Å²) in [7, 11) is 0. The zero-order valence-corrected chi connectivity index (χ0v) is 32.7. The first-order valence-electron chi connectivity index (χ1n) is 20.6. The van der Waals surface area contributed by atoms with Crippen molar-refractivity contribution in [1.29, 1.82) is 0 Å². The molecule has 0 unspecified atom stereocenters. The summed E-state index contributed by atoms with van der Waals surface area (Å²) in [5.74, 6) is 0. The van der Waals surface area contributed by atoms with Crippen LogP contribution in [-0.4, -0.2) is 14.1 Å². The smallest absolute Gasteiger partial charge is 0.0736 e. The maximum absolute atomic E-state index is 5.52. The van der Waals surface area contributed by atoms with Crippen LogP contribution in [0.3, 0.4) is 0 Å². The van der Waals surface area contributed by atoms with Gasteiger partial charge in [-0.1, -0.05) is 176 Å². The van der Waals surface area contributed by atoms with E-state index in [1.807, 2.05) is 0 Å². The predicted octanol–water partition coefficient (Wildman–Crippen LogP) is 15.1. The molecule has 0 saturated heterocycles. The van der Waals surface area contributed by atoms with E-state index in [9.17, 15) is 0 Å². The highest BCUT2D eigenvalue weighted by Gasteiger charge is 2.23. The molecule has 0 aliphatic heterocycles. The molecule has 3 heteroatoms. The zero-order valence-electron chi connectivity index (χ0n) is 32.7. The molecule has 9 aromatic carbocycles. The minimum absolute atomic E-state index is 0.925. The van der Waals surface area contributed by atoms with E-state index in [4.69, 9.17) is 4.98 Å². The Labute approximate surface area is 347 Å². The largest absolute Gasteiger partial charge is 0.309 e. The second-order valence-corrected chi connectivity index (χ2v) is 15.5. The van der Waals surface area contributed by atoms with Gasteiger partial charge in [0, 0.05) is 38.4 Å². The molecule has 0 fully saturated rings. The molecule has 0 spiro atoms. The Morgan fingerprint density at radius 1 is 0.317 bits per heavy atom. The highest BCUT2D eigenvalue weighted by molar-refractivity contribution is 6.26. The molecule has 12 rings (SSSR count). The average Bonchev–Trinajstić information content (AvgIpc) is 3.85. The maximum Gasteiger partial charge on any atom is 0.0736 e. The normalized spacial score (nSPS) is 11.7. The van der Waals surface area contributed by atoms with E-state index in [0.29, 0.717) is 0 Å². The maximum atomic E-state index is 5.52. The SMILES string of the molecule is c1ccc(-c2ccc(-n3c4ccccc4c4ccc5c(c6ccccc6n5-c5ccccc5-c5cc(-c6ccccc6)cc(-c6cccc7ccccc67)n5)c43)cc2)cc1. The number of para-hydroxylation sites is 3. The first-order valence-corrected chi connectivity index (χ1v) is 20.6. The van der Waals surface area contributed by atoms with Gasteiger partial charge in [-0.3, -0.25) is 0 Å². The molecule has 280 valence electrons. The van der Waals surface area contributed by atoms with Gasteiger partial charge in [0.15, 0.2) is 0 Å². The van der Waals surface area contributed by atoms with Crippen LogP contribution in [0.5, 0.6) is 0 Å². The van der Waals surface area contributed by atoms with Gasteiger partial charge in [-0.05, 0) is 81.6 Å². The fraction of sp³-hybridized carbons (Fsp3) is 0. The van der Waals surface area contributed by atoms with Crippen molar-refractivity contribution in [3.05, 3.63) is 224 Å². The molecular weight excluding hydrogens is 727 g/mol. The summed E-state index contributed by atoms with van der Waals surface area (Å²) in [6.45, 7) is 0. The number of fused-ring (bicyclic) bond motifs is 8. The van der Waals surface area contributed by atoms with Crippen LogP contribution in [0.1, 0.15) is 0 Å². The third-order valence-corrected chi connectivity index (χ3v) is 12.1. The number of pyridine rings is 1. The molecule has 12 aromatic rings. The van der Waals surface area contributed by atoms with Crippen LogP contribution in [0, 0.1) is 0 Å². The molecule has 0 radical (unpaired) electrons. The number of hydrogen-bond donors (Lipinski definition) is 0. The molecule has 0 bridgehead atoms. The lowest BCUT2D eigenvalue weighted by molar-refractivity contribution is 1.17. The summed E-state index contributed by atoms with van der Waals surface area (Å²) in [4.78, 5) is 5.52. The van der Waals surface area contributed by atoms with Crippen LogP contribution in [0.4, 0.5) is 0 Å². The van der Waals surface area contributed by atoms with Crippen molar-refractivity contribution in [3.63, 3.8) is 0 Å². The third kappa shape index (κ3) is 5.40. The van der Waals surface area contributed by atoms with E-state index in [2.05, 4.69) is 234 Å². The van der Waals surface area contributed by atoms with Gasteiger partial charge in [-0.25, -0.2) is 4.98 Å². The lowest BCUT2D eigenvalue weighted by Crippen LogP contribution is -1.99. The third-order valence-electron chi connectivity index (χ3n) is 12.1. The Morgan fingerprint density at radius 2 is 0.867 bits per heavy atom. The van der Waals surface area contributed by atoms with E-state index in [1.165, 1.54) is 54.5 Å². The molecule has 3 heterocycles. The van der Waals surface area contributed by atoms with E-state index >= 15 is 0 Å². The molecule has 0 aliphatic carbocycles. The van der Waals surface area contributed by atoms with E-state index < -0.39 is 0 Å². The van der Waals surface area contributed by atoms with Crippen LogP contribution in [0.2, 0.25) is 0 Å². The number of benzene rings is 9. The van der Waals surface area contributed by atoms with Crippen molar-refractivity contribution in [2.45, 2.75) is 0 Å². The van der Waals surface area contributed by atoms with Crippen LogP contribution >= 0.6 is 0 Å². The van der Waals surface area contributed by atoms with Gasteiger partial charge in [0.2, 0.25) is 0 Å². The lowest BCUT2D eigenvalue weighted by atomic mass is 9.97. The van der Waals surface area contributed by atoms with Crippen molar-refractivity contribution in [2.75, 3.05) is 0 Å². The number of rotatable bonds is 6. The summed E-state index contributed by atoms with van der Waals surface area (Å²) in [5, 5.41) is 7.29.